The second-order valence-electron chi connectivity index (χ2n) is 10.7. The molecule has 6 rings (SSSR count). The van der Waals surface area contributed by atoms with E-state index in [1.54, 1.807) is 6.20 Å². The molecule has 1 saturated carbocycles. The van der Waals surface area contributed by atoms with Crippen LogP contribution in [-0.2, 0) is 0 Å². The van der Waals surface area contributed by atoms with Gasteiger partial charge >= 0.3 is 0 Å². The molecule has 0 radical (unpaired) electrons. The summed E-state index contributed by atoms with van der Waals surface area (Å²) in [5, 5.41) is 11.9. The lowest BCUT2D eigenvalue weighted by Gasteiger charge is -2.40. The maximum Gasteiger partial charge on any atom is 0.162 e. The quantitative estimate of drug-likeness (QED) is 0.317. The van der Waals surface area contributed by atoms with E-state index in [-0.39, 0.29) is 5.41 Å². The van der Waals surface area contributed by atoms with Crippen molar-refractivity contribution in [1.82, 2.24) is 25.3 Å². The molecule has 7 heteroatoms. The summed E-state index contributed by atoms with van der Waals surface area (Å²) in [4.78, 5) is 19.2. The summed E-state index contributed by atoms with van der Waals surface area (Å²) in [6, 6.07) is 14.4. The molecule has 0 bridgehead atoms. The van der Waals surface area contributed by atoms with Crippen LogP contribution in [0, 0.1) is 5.41 Å². The Hall–Kier alpha value is -3.58. The van der Waals surface area contributed by atoms with Crippen LogP contribution >= 0.6 is 0 Å². The molecule has 7 nitrogen and oxygen atoms in total. The van der Waals surface area contributed by atoms with Crippen molar-refractivity contribution in [3.05, 3.63) is 66.6 Å². The van der Waals surface area contributed by atoms with Crippen LogP contribution in [0.4, 0.5) is 17.3 Å². The number of anilines is 3. The highest BCUT2D eigenvalue weighted by molar-refractivity contribution is 5.93. The van der Waals surface area contributed by atoms with Gasteiger partial charge in [-0.25, -0.2) is 15.0 Å². The van der Waals surface area contributed by atoms with Gasteiger partial charge in [0.15, 0.2) is 5.82 Å². The molecule has 2 fully saturated rings. The lowest BCUT2D eigenvalue weighted by atomic mass is 9.78. The van der Waals surface area contributed by atoms with Gasteiger partial charge in [-0.05, 0) is 67.0 Å². The number of nitrogens with one attached hydrogen (secondary N) is 3. The first-order valence-corrected chi connectivity index (χ1v) is 13.0. The second kappa shape index (κ2) is 9.47. The molecule has 184 valence electrons. The number of hydrogen-bond acceptors (Lipinski definition) is 7. The largest absolute Gasteiger partial charge is 0.366 e. The van der Waals surface area contributed by atoms with E-state index in [0.29, 0.717) is 17.8 Å². The fourth-order valence-electron chi connectivity index (χ4n) is 5.30. The summed E-state index contributed by atoms with van der Waals surface area (Å²) < 4.78 is 0. The molecule has 1 unspecified atom stereocenters. The van der Waals surface area contributed by atoms with Gasteiger partial charge in [0, 0.05) is 41.6 Å². The monoisotopic (exact) mass is 479 g/mol. The number of aromatic nitrogens is 4. The SMILES string of the molecule is CC1(C)CNCCC1Nc1nc(-c2cccc(Nc3ccccn3)c2)nc2cncc(C3CCC3)c12. The Labute approximate surface area is 212 Å². The number of benzene rings is 1. The minimum absolute atomic E-state index is 0.117. The van der Waals surface area contributed by atoms with Crippen LogP contribution in [0.5, 0.6) is 0 Å². The zero-order valence-electron chi connectivity index (χ0n) is 21.0. The van der Waals surface area contributed by atoms with Gasteiger partial charge in [0.25, 0.3) is 0 Å². The number of rotatable bonds is 6. The van der Waals surface area contributed by atoms with Crippen molar-refractivity contribution in [3.8, 4) is 11.4 Å². The second-order valence-corrected chi connectivity index (χ2v) is 10.7. The molecule has 2 aliphatic rings. The van der Waals surface area contributed by atoms with Crippen LogP contribution in [0.15, 0.2) is 61.1 Å². The van der Waals surface area contributed by atoms with E-state index >= 15 is 0 Å². The van der Waals surface area contributed by atoms with Gasteiger partial charge in [-0.3, -0.25) is 4.98 Å². The Balaban J connectivity index is 1.43. The third-order valence-electron chi connectivity index (χ3n) is 7.68. The summed E-state index contributed by atoms with van der Waals surface area (Å²) in [5.74, 6) is 2.98. The maximum absolute atomic E-state index is 5.17. The smallest absolute Gasteiger partial charge is 0.162 e. The fraction of sp³-hybridized carbons (Fsp3) is 0.379. The zero-order valence-corrected chi connectivity index (χ0v) is 21.0. The van der Waals surface area contributed by atoms with E-state index in [4.69, 9.17) is 9.97 Å². The van der Waals surface area contributed by atoms with Gasteiger partial charge in [-0.1, -0.05) is 38.5 Å². The Bertz CT molecular complexity index is 1360. The topological polar surface area (TPSA) is 87.7 Å². The van der Waals surface area contributed by atoms with E-state index in [0.717, 1.165) is 53.3 Å². The van der Waals surface area contributed by atoms with Crippen molar-refractivity contribution in [2.75, 3.05) is 23.7 Å². The van der Waals surface area contributed by atoms with Crippen molar-refractivity contribution in [2.24, 2.45) is 5.41 Å². The highest BCUT2D eigenvalue weighted by atomic mass is 15.1. The molecule has 3 N–H and O–H groups in total. The highest BCUT2D eigenvalue weighted by Crippen LogP contribution is 2.42. The number of piperidine rings is 1. The fourth-order valence-corrected chi connectivity index (χ4v) is 5.30. The predicted octanol–water partition coefficient (Wildman–Crippen LogP) is 5.90. The Kier molecular flexibility index (Phi) is 6.01. The molecule has 1 aromatic carbocycles. The average molecular weight is 480 g/mol. The number of hydrogen-bond donors (Lipinski definition) is 3. The molecular formula is C29H33N7. The third-order valence-corrected chi connectivity index (χ3v) is 7.68. The van der Waals surface area contributed by atoms with Gasteiger partial charge in [-0.15, -0.1) is 0 Å². The molecule has 1 atom stereocenters. The van der Waals surface area contributed by atoms with E-state index in [1.165, 1.54) is 24.8 Å². The third kappa shape index (κ3) is 4.51. The first-order valence-electron chi connectivity index (χ1n) is 13.0. The van der Waals surface area contributed by atoms with Crippen molar-refractivity contribution in [1.29, 1.82) is 0 Å². The molecule has 1 saturated heterocycles. The van der Waals surface area contributed by atoms with Crippen LogP contribution < -0.4 is 16.0 Å². The molecule has 4 aromatic rings. The zero-order chi connectivity index (χ0) is 24.5. The number of pyridine rings is 2. The minimum Gasteiger partial charge on any atom is -0.366 e. The summed E-state index contributed by atoms with van der Waals surface area (Å²) in [6.45, 7) is 6.64. The Morgan fingerprint density at radius 2 is 1.92 bits per heavy atom. The van der Waals surface area contributed by atoms with E-state index < -0.39 is 0 Å². The van der Waals surface area contributed by atoms with Crippen LogP contribution in [0.25, 0.3) is 22.3 Å². The predicted molar refractivity (Wildman–Crippen MR) is 146 cm³/mol. The van der Waals surface area contributed by atoms with Crippen LogP contribution in [0.3, 0.4) is 0 Å². The minimum atomic E-state index is 0.117. The molecule has 0 spiro atoms. The van der Waals surface area contributed by atoms with E-state index in [2.05, 4.69) is 51.9 Å². The summed E-state index contributed by atoms with van der Waals surface area (Å²) in [6.07, 6.45) is 10.5. The maximum atomic E-state index is 5.17. The summed E-state index contributed by atoms with van der Waals surface area (Å²) >= 11 is 0. The van der Waals surface area contributed by atoms with Gasteiger partial charge < -0.3 is 16.0 Å². The molecule has 0 amide bonds. The number of fused-ring (bicyclic) bond motifs is 1. The molecule has 4 heterocycles. The summed E-state index contributed by atoms with van der Waals surface area (Å²) in [7, 11) is 0. The highest BCUT2D eigenvalue weighted by Gasteiger charge is 2.33. The first-order chi connectivity index (χ1) is 17.6. The van der Waals surface area contributed by atoms with Gasteiger partial charge in [0.1, 0.15) is 11.6 Å². The molecule has 1 aliphatic carbocycles. The van der Waals surface area contributed by atoms with Crippen molar-refractivity contribution >= 4 is 28.2 Å². The van der Waals surface area contributed by atoms with Crippen molar-refractivity contribution in [2.45, 2.75) is 51.5 Å². The van der Waals surface area contributed by atoms with Crippen LogP contribution in [-0.4, -0.2) is 39.1 Å². The van der Waals surface area contributed by atoms with Crippen LogP contribution in [0.2, 0.25) is 0 Å². The number of nitrogens with zero attached hydrogens (tertiary/aromatic N) is 4. The standard InChI is InChI=1S/C29H33N7/c1-29(2)18-30-14-12-24(29)35-28-26-22(19-7-5-8-19)16-31-17-23(26)34-27(36-28)20-9-6-10-21(15-20)33-25-11-3-4-13-32-25/h3-4,6,9-11,13,15-17,19,24,30H,5,7-8,12,14,18H2,1-2H3,(H,32,33)(H,34,35,36). The Morgan fingerprint density at radius 3 is 2.69 bits per heavy atom. The lowest BCUT2D eigenvalue weighted by molar-refractivity contribution is 0.236. The van der Waals surface area contributed by atoms with Crippen molar-refractivity contribution < 1.29 is 0 Å². The molecule has 3 aromatic heterocycles. The van der Waals surface area contributed by atoms with Crippen LogP contribution in [0.1, 0.15) is 51.0 Å². The Morgan fingerprint density at radius 1 is 1.00 bits per heavy atom. The lowest BCUT2D eigenvalue weighted by Crippen LogP contribution is -2.49. The molecule has 1 aliphatic heterocycles. The molecule has 36 heavy (non-hydrogen) atoms. The van der Waals surface area contributed by atoms with Gasteiger partial charge in [0.05, 0.1) is 11.7 Å². The van der Waals surface area contributed by atoms with Gasteiger partial charge in [-0.2, -0.15) is 0 Å². The normalized spacial score (nSPS) is 19.6. The average Bonchev–Trinajstić information content (AvgIpc) is 2.85. The summed E-state index contributed by atoms with van der Waals surface area (Å²) in [5.41, 5.74) is 4.21. The first kappa shape index (κ1) is 22.9. The van der Waals surface area contributed by atoms with E-state index in [9.17, 15) is 0 Å². The van der Waals surface area contributed by atoms with E-state index in [1.807, 2.05) is 42.7 Å². The van der Waals surface area contributed by atoms with Crippen molar-refractivity contribution in [3.63, 3.8) is 0 Å². The van der Waals surface area contributed by atoms with Gasteiger partial charge in [0.2, 0.25) is 0 Å². The molecular weight excluding hydrogens is 446 g/mol.